The fourth-order valence-corrected chi connectivity index (χ4v) is 2.34. The number of methoxy groups -OCH3 is 1. The molecular weight excluding hydrogens is 232 g/mol. The molecule has 1 fully saturated rings. The highest BCUT2D eigenvalue weighted by molar-refractivity contribution is 5.77. The fraction of sp³-hybridized carbons (Fsp3) is 0.846. The van der Waals surface area contributed by atoms with Crippen LogP contribution in [-0.2, 0) is 14.3 Å². The van der Waals surface area contributed by atoms with Gasteiger partial charge in [-0.05, 0) is 26.3 Å². The lowest BCUT2D eigenvalue weighted by atomic mass is 9.96. The second kappa shape index (κ2) is 7.36. The first-order valence-electron chi connectivity index (χ1n) is 6.67. The summed E-state index contributed by atoms with van der Waals surface area (Å²) in [5, 5.41) is 3.23. The molecule has 1 saturated heterocycles. The summed E-state index contributed by atoms with van der Waals surface area (Å²) in [6.07, 6.45) is 1.96. The third-order valence-corrected chi connectivity index (χ3v) is 3.42. The first-order chi connectivity index (χ1) is 8.58. The van der Waals surface area contributed by atoms with E-state index in [2.05, 4.69) is 5.32 Å². The number of ether oxygens (including phenoxy) is 1. The number of nitrogens with zero attached hydrogens (tertiary/aromatic N) is 1. The van der Waals surface area contributed by atoms with Crippen molar-refractivity contribution in [3.63, 3.8) is 0 Å². The van der Waals surface area contributed by atoms with Gasteiger partial charge in [0.2, 0.25) is 5.91 Å². The number of piperidine rings is 1. The molecule has 104 valence electrons. The lowest BCUT2D eigenvalue weighted by Crippen LogP contribution is -2.42. The van der Waals surface area contributed by atoms with E-state index in [0.29, 0.717) is 32.4 Å². The Morgan fingerprint density at radius 2 is 2.00 bits per heavy atom. The van der Waals surface area contributed by atoms with E-state index >= 15 is 0 Å². The molecule has 1 N–H and O–H groups in total. The van der Waals surface area contributed by atoms with Crippen LogP contribution in [0.25, 0.3) is 0 Å². The maximum absolute atomic E-state index is 12.0. The molecule has 1 aliphatic heterocycles. The van der Waals surface area contributed by atoms with Crippen LogP contribution < -0.4 is 5.32 Å². The van der Waals surface area contributed by atoms with Gasteiger partial charge in [-0.15, -0.1) is 0 Å². The number of esters is 1. The summed E-state index contributed by atoms with van der Waals surface area (Å²) in [4.78, 5) is 25.2. The van der Waals surface area contributed by atoms with E-state index in [0.717, 1.165) is 6.54 Å². The largest absolute Gasteiger partial charge is 0.469 e. The second-order valence-corrected chi connectivity index (χ2v) is 4.84. The van der Waals surface area contributed by atoms with Crippen molar-refractivity contribution < 1.29 is 14.3 Å². The Balaban J connectivity index is 2.33. The average molecular weight is 256 g/mol. The van der Waals surface area contributed by atoms with Gasteiger partial charge < -0.3 is 15.0 Å². The Morgan fingerprint density at radius 1 is 1.39 bits per heavy atom. The third-order valence-electron chi connectivity index (χ3n) is 3.42. The number of carbonyl (C=O) groups is 2. The number of nitrogens with one attached hydrogen (secondary N) is 1. The molecule has 0 aliphatic carbocycles. The van der Waals surface area contributed by atoms with E-state index in [1.54, 1.807) is 0 Å². The van der Waals surface area contributed by atoms with E-state index in [9.17, 15) is 9.59 Å². The van der Waals surface area contributed by atoms with E-state index in [1.165, 1.54) is 7.11 Å². The van der Waals surface area contributed by atoms with E-state index in [1.807, 2.05) is 18.7 Å². The molecule has 0 aromatic heterocycles. The van der Waals surface area contributed by atoms with Crippen molar-refractivity contribution in [3.05, 3.63) is 0 Å². The number of amides is 1. The van der Waals surface area contributed by atoms with Crippen molar-refractivity contribution in [1.82, 2.24) is 10.2 Å². The molecule has 0 aromatic carbocycles. The van der Waals surface area contributed by atoms with E-state index < -0.39 is 0 Å². The van der Waals surface area contributed by atoms with Crippen LogP contribution in [0.4, 0.5) is 0 Å². The smallest absolute Gasteiger partial charge is 0.308 e. The van der Waals surface area contributed by atoms with Gasteiger partial charge >= 0.3 is 5.97 Å². The van der Waals surface area contributed by atoms with Crippen LogP contribution in [0, 0.1) is 5.92 Å². The van der Waals surface area contributed by atoms with Gasteiger partial charge in [0.25, 0.3) is 0 Å². The van der Waals surface area contributed by atoms with Crippen LogP contribution in [0.2, 0.25) is 0 Å². The molecule has 0 aromatic rings. The van der Waals surface area contributed by atoms with Gasteiger partial charge in [0.15, 0.2) is 0 Å². The minimum atomic E-state index is -0.150. The van der Waals surface area contributed by atoms with Crippen molar-refractivity contribution in [3.8, 4) is 0 Å². The SMILES string of the molecule is CCNC(C)CC(=O)N1CCC(C(=O)OC)CC1. The van der Waals surface area contributed by atoms with Gasteiger partial charge in [0.05, 0.1) is 13.0 Å². The summed E-state index contributed by atoms with van der Waals surface area (Å²) in [6, 6.07) is 0.209. The molecule has 5 heteroatoms. The van der Waals surface area contributed by atoms with Gasteiger partial charge in [-0.2, -0.15) is 0 Å². The van der Waals surface area contributed by atoms with Crippen LogP contribution in [0.5, 0.6) is 0 Å². The Labute approximate surface area is 109 Å². The molecule has 1 atom stereocenters. The normalized spacial score (nSPS) is 18.5. The predicted molar refractivity (Wildman–Crippen MR) is 69.1 cm³/mol. The Morgan fingerprint density at radius 3 is 2.50 bits per heavy atom. The predicted octanol–water partition coefficient (Wildman–Crippen LogP) is 0.786. The zero-order valence-electron chi connectivity index (χ0n) is 11.6. The van der Waals surface area contributed by atoms with Crippen LogP contribution in [-0.4, -0.2) is 49.6 Å². The van der Waals surface area contributed by atoms with Crippen molar-refractivity contribution in [2.75, 3.05) is 26.7 Å². The lowest BCUT2D eigenvalue weighted by Gasteiger charge is -2.31. The highest BCUT2D eigenvalue weighted by Gasteiger charge is 2.28. The Hall–Kier alpha value is -1.10. The molecule has 1 heterocycles. The highest BCUT2D eigenvalue weighted by Crippen LogP contribution is 2.19. The molecule has 0 bridgehead atoms. The molecular formula is C13H24N2O3. The molecule has 0 radical (unpaired) electrons. The summed E-state index contributed by atoms with van der Waals surface area (Å²) in [6.45, 7) is 6.25. The van der Waals surface area contributed by atoms with Crippen LogP contribution in [0.3, 0.4) is 0 Å². The average Bonchev–Trinajstić information content (AvgIpc) is 2.38. The Bertz CT molecular complexity index is 286. The molecule has 0 spiro atoms. The third kappa shape index (κ3) is 4.29. The van der Waals surface area contributed by atoms with Gasteiger partial charge in [-0.25, -0.2) is 0 Å². The van der Waals surface area contributed by atoms with Crippen LogP contribution >= 0.6 is 0 Å². The quantitative estimate of drug-likeness (QED) is 0.739. The second-order valence-electron chi connectivity index (χ2n) is 4.84. The maximum Gasteiger partial charge on any atom is 0.308 e. The van der Waals surface area contributed by atoms with E-state index in [-0.39, 0.29) is 23.8 Å². The number of hydrogen-bond acceptors (Lipinski definition) is 4. The first-order valence-corrected chi connectivity index (χ1v) is 6.67. The molecule has 1 rings (SSSR count). The molecule has 0 saturated carbocycles. The maximum atomic E-state index is 12.0. The summed E-state index contributed by atoms with van der Waals surface area (Å²) < 4.78 is 4.73. The van der Waals surface area contributed by atoms with Gasteiger partial charge in [-0.1, -0.05) is 6.92 Å². The molecule has 5 nitrogen and oxygen atoms in total. The van der Waals surface area contributed by atoms with Gasteiger partial charge in [-0.3, -0.25) is 9.59 Å². The summed E-state index contributed by atoms with van der Waals surface area (Å²) in [7, 11) is 1.41. The van der Waals surface area contributed by atoms with Crippen molar-refractivity contribution in [2.45, 2.75) is 39.2 Å². The fourth-order valence-electron chi connectivity index (χ4n) is 2.34. The van der Waals surface area contributed by atoms with Gasteiger partial charge in [0, 0.05) is 25.6 Å². The standard InChI is InChI=1S/C13H24N2O3/c1-4-14-10(2)9-12(16)15-7-5-11(6-8-15)13(17)18-3/h10-11,14H,4-9H2,1-3H3. The summed E-state index contributed by atoms with van der Waals surface area (Å²) in [5.74, 6) is -0.0138. The van der Waals surface area contributed by atoms with Crippen LogP contribution in [0.1, 0.15) is 33.1 Å². The summed E-state index contributed by atoms with van der Waals surface area (Å²) >= 11 is 0. The minimum absolute atomic E-state index is 0.0368. The molecule has 1 amide bonds. The topological polar surface area (TPSA) is 58.6 Å². The number of hydrogen-bond donors (Lipinski definition) is 1. The first kappa shape index (κ1) is 15.0. The number of likely N-dealkylation sites (tertiary alicyclic amines) is 1. The van der Waals surface area contributed by atoms with Gasteiger partial charge in [0.1, 0.15) is 0 Å². The Kier molecular flexibility index (Phi) is 6.12. The number of rotatable bonds is 5. The van der Waals surface area contributed by atoms with Crippen molar-refractivity contribution in [2.24, 2.45) is 5.92 Å². The monoisotopic (exact) mass is 256 g/mol. The zero-order valence-corrected chi connectivity index (χ0v) is 11.6. The van der Waals surface area contributed by atoms with Crippen LogP contribution in [0.15, 0.2) is 0 Å². The highest BCUT2D eigenvalue weighted by atomic mass is 16.5. The minimum Gasteiger partial charge on any atom is -0.469 e. The lowest BCUT2D eigenvalue weighted by molar-refractivity contribution is -0.149. The summed E-state index contributed by atoms with van der Waals surface area (Å²) in [5.41, 5.74) is 0. The molecule has 1 aliphatic rings. The van der Waals surface area contributed by atoms with E-state index in [4.69, 9.17) is 4.74 Å². The van der Waals surface area contributed by atoms with Crippen molar-refractivity contribution >= 4 is 11.9 Å². The number of carbonyl (C=O) groups excluding carboxylic acids is 2. The van der Waals surface area contributed by atoms with Crippen molar-refractivity contribution in [1.29, 1.82) is 0 Å². The molecule has 1 unspecified atom stereocenters. The zero-order chi connectivity index (χ0) is 13.5. The molecule has 18 heavy (non-hydrogen) atoms.